The van der Waals surface area contributed by atoms with Crippen LogP contribution in [0.1, 0.15) is 27.8 Å². The van der Waals surface area contributed by atoms with Gasteiger partial charge in [-0.15, -0.1) is 0 Å². The van der Waals surface area contributed by atoms with Crippen LogP contribution in [0.4, 0.5) is 0 Å². The fraction of sp³-hybridized carbons (Fsp3) is 0.562. The monoisotopic (exact) mass is 324 g/mol. The number of amides is 1. The Hall–Kier alpha value is -1.40. The smallest absolute Gasteiger partial charge is 0.243 e. The molecule has 1 saturated heterocycles. The molecule has 5 nitrogen and oxygen atoms in total. The van der Waals surface area contributed by atoms with E-state index in [9.17, 15) is 13.2 Å². The van der Waals surface area contributed by atoms with Gasteiger partial charge in [-0.05, 0) is 62.4 Å². The Bertz CT molecular complexity index is 674. The van der Waals surface area contributed by atoms with Crippen molar-refractivity contribution in [1.29, 1.82) is 0 Å². The highest BCUT2D eigenvalue weighted by molar-refractivity contribution is 7.89. The van der Waals surface area contributed by atoms with Gasteiger partial charge in [-0.25, -0.2) is 8.42 Å². The molecule has 0 N–H and O–H groups in total. The maximum Gasteiger partial charge on any atom is 0.243 e. The fourth-order valence-corrected chi connectivity index (χ4v) is 5.01. The molecular formula is C16H24N2O3S. The van der Waals surface area contributed by atoms with E-state index in [4.69, 9.17) is 0 Å². The first-order chi connectivity index (χ1) is 10.2. The Morgan fingerprint density at radius 1 is 0.773 bits per heavy atom. The van der Waals surface area contributed by atoms with Crippen LogP contribution < -0.4 is 0 Å². The molecule has 2 rings (SSSR count). The van der Waals surface area contributed by atoms with E-state index in [0.29, 0.717) is 31.1 Å². The van der Waals surface area contributed by atoms with Crippen molar-refractivity contribution in [2.75, 3.05) is 26.2 Å². The van der Waals surface area contributed by atoms with Crippen LogP contribution in [0, 0.1) is 34.6 Å². The minimum Gasteiger partial charge on any atom is -0.343 e. The summed E-state index contributed by atoms with van der Waals surface area (Å²) in [7, 11) is -3.53. The average Bonchev–Trinajstić information content (AvgIpc) is 2.51. The summed E-state index contributed by atoms with van der Waals surface area (Å²) in [6.45, 7) is 11.3. The molecule has 0 spiro atoms. The second kappa shape index (κ2) is 6.01. The number of hydrogen-bond donors (Lipinski definition) is 0. The predicted molar refractivity (Wildman–Crippen MR) is 86.5 cm³/mol. The number of benzene rings is 1. The van der Waals surface area contributed by atoms with Crippen LogP contribution in [0.2, 0.25) is 0 Å². The molecule has 0 atom stereocenters. The molecule has 1 amide bonds. The molecule has 0 saturated carbocycles. The first kappa shape index (κ1) is 17.0. The van der Waals surface area contributed by atoms with Crippen molar-refractivity contribution in [3.63, 3.8) is 0 Å². The summed E-state index contributed by atoms with van der Waals surface area (Å²) in [5.74, 6) is 0. The minimum atomic E-state index is -3.53. The Kier molecular flexibility index (Phi) is 4.63. The van der Waals surface area contributed by atoms with Crippen molar-refractivity contribution in [1.82, 2.24) is 9.21 Å². The molecule has 1 aliphatic heterocycles. The molecule has 1 aromatic rings. The molecular weight excluding hydrogens is 300 g/mol. The summed E-state index contributed by atoms with van der Waals surface area (Å²) >= 11 is 0. The van der Waals surface area contributed by atoms with Crippen molar-refractivity contribution in [2.45, 2.75) is 39.5 Å². The second-order valence-electron chi connectivity index (χ2n) is 6.00. The van der Waals surface area contributed by atoms with Gasteiger partial charge in [0.1, 0.15) is 0 Å². The zero-order valence-corrected chi connectivity index (χ0v) is 14.7. The summed E-state index contributed by atoms with van der Waals surface area (Å²) in [5, 5.41) is 0. The van der Waals surface area contributed by atoms with Crippen LogP contribution in [0.3, 0.4) is 0 Å². The van der Waals surface area contributed by atoms with E-state index >= 15 is 0 Å². The van der Waals surface area contributed by atoms with Crippen molar-refractivity contribution in [3.8, 4) is 0 Å². The van der Waals surface area contributed by atoms with Gasteiger partial charge in [0.2, 0.25) is 16.4 Å². The first-order valence-electron chi connectivity index (χ1n) is 7.48. The van der Waals surface area contributed by atoms with Gasteiger partial charge in [-0.1, -0.05) is 0 Å². The van der Waals surface area contributed by atoms with E-state index in [1.807, 2.05) is 34.6 Å². The van der Waals surface area contributed by atoms with Crippen LogP contribution in [0.15, 0.2) is 4.90 Å². The quantitative estimate of drug-likeness (QED) is 0.795. The average molecular weight is 324 g/mol. The van der Waals surface area contributed by atoms with Gasteiger partial charge in [0.05, 0.1) is 4.90 Å². The fourth-order valence-electron chi connectivity index (χ4n) is 3.03. The molecule has 0 aliphatic carbocycles. The summed E-state index contributed by atoms with van der Waals surface area (Å²) in [4.78, 5) is 12.8. The Labute approximate surface area is 133 Å². The number of rotatable bonds is 3. The molecule has 0 unspecified atom stereocenters. The maximum atomic E-state index is 13.1. The van der Waals surface area contributed by atoms with Crippen molar-refractivity contribution < 1.29 is 13.2 Å². The Balaban J connectivity index is 2.49. The molecule has 1 aromatic carbocycles. The SMILES string of the molecule is Cc1c(C)c(C)c(S(=O)(=O)N2CCN(C=O)CC2)c(C)c1C. The van der Waals surface area contributed by atoms with Crippen LogP contribution >= 0.6 is 0 Å². The number of carbonyl (C=O) groups excluding carboxylic acids is 1. The van der Waals surface area contributed by atoms with Gasteiger partial charge >= 0.3 is 0 Å². The van der Waals surface area contributed by atoms with E-state index in [1.54, 1.807) is 4.90 Å². The minimum absolute atomic E-state index is 0.353. The number of sulfonamides is 1. The number of nitrogens with zero attached hydrogens (tertiary/aromatic N) is 2. The standard InChI is InChI=1S/C16H24N2O3S/c1-11-12(2)14(4)16(15(5)13(11)3)22(20,21)18-8-6-17(10-19)7-9-18/h10H,6-9H2,1-5H3. The Morgan fingerprint density at radius 2 is 1.18 bits per heavy atom. The third kappa shape index (κ3) is 2.65. The van der Waals surface area contributed by atoms with E-state index in [0.717, 1.165) is 34.2 Å². The lowest BCUT2D eigenvalue weighted by molar-refractivity contribution is -0.119. The highest BCUT2D eigenvalue weighted by atomic mass is 32.2. The molecule has 22 heavy (non-hydrogen) atoms. The Morgan fingerprint density at radius 3 is 1.59 bits per heavy atom. The van der Waals surface area contributed by atoms with Crippen molar-refractivity contribution in [2.24, 2.45) is 0 Å². The van der Waals surface area contributed by atoms with Gasteiger partial charge in [0.25, 0.3) is 0 Å². The zero-order chi connectivity index (χ0) is 16.7. The maximum absolute atomic E-state index is 13.1. The van der Waals surface area contributed by atoms with Crippen LogP contribution in [0.5, 0.6) is 0 Å². The lowest BCUT2D eigenvalue weighted by atomic mass is 9.95. The third-order valence-electron chi connectivity index (χ3n) is 4.95. The van der Waals surface area contributed by atoms with Gasteiger partial charge in [0, 0.05) is 26.2 Å². The normalized spacial score (nSPS) is 16.9. The van der Waals surface area contributed by atoms with Crippen LogP contribution in [-0.2, 0) is 14.8 Å². The van der Waals surface area contributed by atoms with Crippen LogP contribution in [-0.4, -0.2) is 50.2 Å². The summed E-state index contributed by atoms with van der Waals surface area (Å²) < 4.78 is 27.6. The topological polar surface area (TPSA) is 57.7 Å². The van der Waals surface area contributed by atoms with E-state index < -0.39 is 10.0 Å². The van der Waals surface area contributed by atoms with E-state index in [2.05, 4.69) is 0 Å². The summed E-state index contributed by atoms with van der Waals surface area (Å²) in [5.41, 5.74) is 4.89. The lowest BCUT2D eigenvalue weighted by Crippen LogP contribution is -2.48. The van der Waals surface area contributed by atoms with Gasteiger partial charge in [0.15, 0.2) is 0 Å². The van der Waals surface area contributed by atoms with Crippen molar-refractivity contribution in [3.05, 3.63) is 27.8 Å². The molecule has 0 bridgehead atoms. The van der Waals surface area contributed by atoms with Gasteiger partial charge < -0.3 is 4.90 Å². The highest BCUT2D eigenvalue weighted by Gasteiger charge is 2.32. The van der Waals surface area contributed by atoms with Crippen molar-refractivity contribution >= 4 is 16.4 Å². The molecule has 6 heteroatoms. The predicted octanol–water partition coefficient (Wildman–Crippen LogP) is 1.69. The van der Waals surface area contributed by atoms with E-state index in [1.165, 1.54) is 4.31 Å². The number of piperazine rings is 1. The highest BCUT2D eigenvalue weighted by Crippen LogP contribution is 2.31. The number of hydrogen-bond acceptors (Lipinski definition) is 3. The largest absolute Gasteiger partial charge is 0.343 e. The molecule has 0 aromatic heterocycles. The second-order valence-corrected chi connectivity index (χ2v) is 7.87. The molecule has 1 fully saturated rings. The third-order valence-corrected chi connectivity index (χ3v) is 7.12. The number of carbonyl (C=O) groups is 1. The summed E-state index contributed by atoms with van der Waals surface area (Å²) in [6.07, 6.45) is 0.778. The van der Waals surface area contributed by atoms with Crippen LogP contribution in [0.25, 0.3) is 0 Å². The molecule has 122 valence electrons. The van der Waals surface area contributed by atoms with Gasteiger partial charge in [-0.2, -0.15) is 4.31 Å². The lowest BCUT2D eigenvalue weighted by Gasteiger charge is -2.33. The first-order valence-corrected chi connectivity index (χ1v) is 8.92. The molecule has 1 aliphatic rings. The molecule has 0 radical (unpaired) electrons. The van der Waals surface area contributed by atoms with E-state index in [-0.39, 0.29) is 0 Å². The zero-order valence-electron chi connectivity index (χ0n) is 13.9. The van der Waals surface area contributed by atoms with Gasteiger partial charge in [-0.3, -0.25) is 4.79 Å². The summed E-state index contributed by atoms with van der Waals surface area (Å²) in [6, 6.07) is 0. The molecule has 1 heterocycles.